The number of hydrogen-bond acceptors (Lipinski definition) is 6. The molecule has 1 amide bonds. The van der Waals surface area contributed by atoms with Gasteiger partial charge in [0.05, 0.1) is 50.0 Å². The van der Waals surface area contributed by atoms with Gasteiger partial charge in [0.1, 0.15) is 5.82 Å². The van der Waals surface area contributed by atoms with Gasteiger partial charge in [-0.15, -0.1) is 0 Å². The van der Waals surface area contributed by atoms with Crippen molar-refractivity contribution < 1.29 is 23.7 Å². The van der Waals surface area contributed by atoms with Gasteiger partial charge in [-0.3, -0.25) is 9.36 Å². The van der Waals surface area contributed by atoms with Crippen LogP contribution in [0.25, 0.3) is 11.8 Å². The fraction of sp³-hybridized carbons (Fsp3) is 0.538. The fourth-order valence-electron chi connectivity index (χ4n) is 4.63. The van der Waals surface area contributed by atoms with Gasteiger partial charge < -0.3 is 23.8 Å². The van der Waals surface area contributed by atoms with Crippen molar-refractivity contribution in [2.24, 2.45) is 0 Å². The second-order valence-electron chi connectivity index (χ2n) is 9.58. The van der Waals surface area contributed by atoms with Gasteiger partial charge in [-0.05, 0) is 58.2 Å². The molecule has 8 nitrogen and oxygen atoms in total. The Hall–Kier alpha value is -2.84. The number of aromatic nitrogens is 2. The summed E-state index contributed by atoms with van der Waals surface area (Å²) in [7, 11) is 3.30. The number of amides is 1. The molecule has 184 valence electrons. The number of benzene rings is 1. The highest BCUT2D eigenvalue weighted by molar-refractivity contribution is 5.95. The van der Waals surface area contributed by atoms with Crippen molar-refractivity contribution in [3.8, 4) is 17.2 Å². The summed E-state index contributed by atoms with van der Waals surface area (Å²) < 4.78 is 24.6. The second kappa shape index (κ2) is 9.80. The number of carbonyl (C=O) groups is 1. The van der Waals surface area contributed by atoms with Gasteiger partial charge in [-0.2, -0.15) is 0 Å². The molecule has 0 aliphatic carbocycles. The van der Waals surface area contributed by atoms with Gasteiger partial charge in [0.25, 0.3) is 5.91 Å². The average molecular weight is 470 g/mol. The van der Waals surface area contributed by atoms with Gasteiger partial charge in [-0.25, -0.2) is 4.98 Å². The molecule has 1 fully saturated rings. The molecule has 1 saturated heterocycles. The molecule has 1 aromatic heterocycles. The van der Waals surface area contributed by atoms with Crippen LogP contribution in [-0.2, 0) is 22.3 Å². The summed E-state index contributed by atoms with van der Waals surface area (Å²) >= 11 is 0. The summed E-state index contributed by atoms with van der Waals surface area (Å²) in [5, 5.41) is 0. The predicted molar refractivity (Wildman–Crippen MR) is 130 cm³/mol. The molecule has 3 heterocycles. The number of fused-ring (bicyclic) bond motifs is 3. The molecular formula is C26H35N3O5. The van der Waals surface area contributed by atoms with E-state index < -0.39 is 5.54 Å². The minimum atomic E-state index is -0.393. The molecule has 0 unspecified atom stereocenters. The molecule has 0 saturated carbocycles. The van der Waals surface area contributed by atoms with Crippen molar-refractivity contribution in [2.45, 2.75) is 52.2 Å². The minimum Gasteiger partial charge on any atom is -0.493 e. The largest absolute Gasteiger partial charge is 0.493 e. The number of morpholine rings is 1. The lowest BCUT2D eigenvalue weighted by Crippen LogP contribution is -2.55. The summed E-state index contributed by atoms with van der Waals surface area (Å²) in [6.45, 7) is 10.1. The molecule has 0 bridgehead atoms. The molecule has 1 aromatic carbocycles. The molecule has 0 spiro atoms. The van der Waals surface area contributed by atoms with Gasteiger partial charge in [0.2, 0.25) is 0 Å². The first kappa shape index (κ1) is 24.3. The van der Waals surface area contributed by atoms with Crippen molar-refractivity contribution in [1.82, 2.24) is 14.5 Å². The molecule has 2 aliphatic rings. The van der Waals surface area contributed by atoms with Crippen LogP contribution in [-0.4, -0.2) is 72.6 Å². The molecule has 2 aliphatic heterocycles. The van der Waals surface area contributed by atoms with Gasteiger partial charge >= 0.3 is 0 Å². The Morgan fingerprint density at radius 3 is 2.71 bits per heavy atom. The van der Waals surface area contributed by atoms with Crippen LogP contribution in [0.1, 0.15) is 55.3 Å². The maximum absolute atomic E-state index is 13.8. The van der Waals surface area contributed by atoms with Crippen molar-refractivity contribution in [3.05, 3.63) is 41.0 Å². The number of aryl methyl sites for hydroxylation is 1. The third kappa shape index (κ3) is 4.57. The van der Waals surface area contributed by atoms with Crippen molar-refractivity contribution in [3.63, 3.8) is 0 Å². The lowest BCUT2D eigenvalue weighted by atomic mass is 9.98. The number of nitrogens with zero attached hydrogens (tertiary/aromatic N) is 3. The normalized spacial score (nSPS) is 17.1. The first-order chi connectivity index (χ1) is 16.3. The Morgan fingerprint density at radius 2 is 2.03 bits per heavy atom. The second-order valence-corrected chi connectivity index (χ2v) is 9.58. The number of rotatable bonds is 7. The quantitative estimate of drug-likeness (QED) is 0.616. The zero-order valence-corrected chi connectivity index (χ0v) is 21.0. The lowest BCUT2D eigenvalue weighted by molar-refractivity contribution is -0.0373. The summed E-state index contributed by atoms with van der Waals surface area (Å²) in [5.41, 5.74) is 3.11. The first-order valence-electron chi connectivity index (χ1n) is 11.8. The van der Waals surface area contributed by atoms with Crippen LogP contribution in [0.2, 0.25) is 0 Å². The van der Waals surface area contributed by atoms with Crippen molar-refractivity contribution in [2.75, 3.05) is 40.6 Å². The van der Waals surface area contributed by atoms with Gasteiger partial charge in [0, 0.05) is 19.7 Å². The Kier molecular flexibility index (Phi) is 7.00. The third-order valence-corrected chi connectivity index (χ3v) is 6.22. The van der Waals surface area contributed by atoms with Crippen LogP contribution in [0, 0.1) is 0 Å². The maximum Gasteiger partial charge on any atom is 0.274 e. The smallest absolute Gasteiger partial charge is 0.274 e. The molecule has 4 rings (SSSR count). The molecule has 2 aromatic rings. The molecule has 0 N–H and O–H groups in total. The summed E-state index contributed by atoms with van der Waals surface area (Å²) in [6, 6.07) is 4.03. The van der Waals surface area contributed by atoms with E-state index in [2.05, 4.69) is 4.57 Å². The Balaban J connectivity index is 1.85. The summed E-state index contributed by atoms with van der Waals surface area (Å²) in [4.78, 5) is 20.5. The van der Waals surface area contributed by atoms with Crippen molar-refractivity contribution in [1.29, 1.82) is 0 Å². The fourth-order valence-corrected chi connectivity index (χ4v) is 4.63. The zero-order valence-electron chi connectivity index (χ0n) is 21.0. The van der Waals surface area contributed by atoms with Crippen LogP contribution >= 0.6 is 0 Å². The van der Waals surface area contributed by atoms with Crippen LogP contribution in [0.4, 0.5) is 0 Å². The minimum absolute atomic E-state index is 0.000409. The highest BCUT2D eigenvalue weighted by atomic mass is 16.5. The van der Waals surface area contributed by atoms with Crippen LogP contribution < -0.4 is 9.47 Å². The number of imidazole rings is 1. The maximum atomic E-state index is 13.8. The van der Waals surface area contributed by atoms with E-state index in [4.69, 9.17) is 23.9 Å². The van der Waals surface area contributed by atoms with Crippen LogP contribution in [0.15, 0.2) is 18.2 Å². The Morgan fingerprint density at radius 1 is 1.24 bits per heavy atom. The van der Waals surface area contributed by atoms with E-state index in [1.807, 2.05) is 56.9 Å². The highest BCUT2D eigenvalue weighted by Crippen LogP contribution is 2.38. The predicted octanol–water partition coefficient (Wildman–Crippen LogP) is 3.68. The van der Waals surface area contributed by atoms with E-state index in [0.717, 1.165) is 23.4 Å². The van der Waals surface area contributed by atoms with Crippen molar-refractivity contribution >= 4 is 12.0 Å². The number of hydrogen-bond donors (Lipinski definition) is 0. The molecular weight excluding hydrogens is 434 g/mol. The monoisotopic (exact) mass is 469 g/mol. The third-order valence-electron chi connectivity index (χ3n) is 6.22. The van der Waals surface area contributed by atoms with E-state index in [-0.39, 0.29) is 12.0 Å². The number of carbonyl (C=O) groups excluding carboxylic acids is 1. The number of methoxy groups -OCH3 is 2. The Labute approximate surface area is 201 Å². The molecule has 0 radical (unpaired) electrons. The van der Waals surface area contributed by atoms with Crippen LogP contribution in [0.5, 0.6) is 11.5 Å². The highest BCUT2D eigenvalue weighted by Gasteiger charge is 2.38. The molecule has 34 heavy (non-hydrogen) atoms. The van der Waals surface area contributed by atoms with E-state index >= 15 is 0 Å². The van der Waals surface area contributed by atoms with E-state index in [9.17, 15) is 4.79 Å². The average Bonchev–Trinajstić information content (AvgIpc) is 3.17. The zero-order chi connectivity index (χ0) is 24.5. The summed E-state index contributed by atoms with van der Waals surface area (Å²) in [6.07, 6.45) is 5.31. The van der Waals surface area contributed by atoms with Gasteiger partial charge in [0.15, 0.2) is 17.2 Å². The molecule has 0 atom stereocenters. The van der Waals surface area contributed by atoms with Gasteiger partial charge in [-0.1, -0.05) is 6.08 Å². The van der Waals surface area contributed by atoms with Crippen LogP contribution in [0.3, 0.4) is 0 Å². The first-order valence-corrected chi connectivity index (χ1v) is 11.8. The van der Waals surface area contributed by atoms with E-state index in [1.165, 1.54) is 0 Å². The summed E-state index contributed by atoms with van der Waals surface area (Å²) in [5.74, 6) is 2.02. The standard InChI is InChI=1S/C26H35N3O5/c1-17(2)34-22-15-20-18(14-21(22)32-6)9-10-19-24(27-23(29(19)20)8-7-12-31-5)25(30)28-11-13-33-16-26(28,3)4/h7-8,14-15,17H,9-13,16H2,1-6H3. The SMILES string of the molecule is COCC=Cc1nc(C(=O)N2CCOCC2(C)C)c2n1-c1cc(OC(C)C)c(OC)cc1CC2. The topological polar surface area (TPSA) is 75.0 Å². The number of ether oxygens (including phenoxy) is 4. The lowest BCUT2D eigenvalue weighted by Gasteiger charge is -2.41. The Bertz CT molecular complexity index is 1090. The van der Waals surface area contributed by atoms with E-state index in [0.29, 0.717) is 55.8 Å². The van der Waals surface area contributed by atoms with E-state index in [1.54, 1.807) is 14.2 Å². The molecule has 8 heteroatoms.